The predicted molar refractivity (Wildman–Crippen MR) is 69.6 cm³/mol. The first kappa shape index (κ1) is 11.3. The van der Waals surface area contributed by atoms with Gasteiger partial charge in [0.15, 0.2) is 5.58 Å². The third kappa shape index (κ3) is 1.98. The lowest BCUT2D eigenvalue weighted by atomic mass is 9.95. The van der Waals surface area contributed by atoms with E-state index >= 15 is 0 Å². The minimum atomic E-state index is 0.119. The highest BCUT2D eigenvalue weighted by molar-refractivity contribution is 5.79. The number of oxazole rings is 1. The number of carbonyl (C=O) groups is 1. The van der Waals surface area contributed by atoms with E-state index in [0.29, 0.717) is 6.01 Å². The van der Waals surface area contributed by atoms with E-state index in [9.17, 15) is 4.79 Å². The van der Waals surface area contributed by atoms with E-state index in [-0.39, 0.29) is 11.7 Å². The van der Waals surface area contributed by atoms with Gasteiger partial charge in [-0.15, -0.1) is 0 Å². The average molecular weight is 244 g/mol. The van der Waals surface area contributed by atoms with Crippen molar-refractivity contribution in [1.29, 1.82) is 0 Å². The van der Waals surface area contributed by atoms with Crippen molar-refractivity contribution in [2.75, 3.05) is 18.0 Å². The van der Waals surface area contributed by atoms with Gasteiger partial charge in [0.2, 0.25) is 0 Å². The molecule has 1 aliphatic rings. The molecule has 0 bridgehead atoms. The minimum Gasteiger partial charge on any atom is -0.423 e. The number of carbonyl (C=O) groups excluding carboxylic acids is 1. The molecule has 2 aromatic rings. The summed E-state index contributed by atoms with van der Waals surface area (Å²) >= 11 is 0. The molecule has 4 heteroatoms. The van der Waals surface area contributed by atoms with Crippen LogP contribution < -0.4 is 4.90 Å². The second-order valence-corrected chi connectivity index (χ2v) is 4.86. The summed E-state index contributed by atoms with van der Waals surface area (Å²) < 4.78 is 5.74. The number of benzene rings is 1. The molecule has 1 aliphatic heterocycles. The molecule has 94 valence electrons. The summed E-state index contributed by atoms with van der Waals surface area (Å²) in [6.07, 6.45) is 2.00. The average Bonchev–Trinajstić information content (AvgIpc) is 2.82. The van der Waals surface area contributed by atoms with E-state index in [1.807, 2.05) is 24.3 Å². The van der Waals surface area contributed by atoms with Crippen LogP contribution in [0.3, 0.4) is 0 Å². The standard InChI is InChI=1S/C14H16N2O2/c1-10(17)11-5-4-8-16(9-11)14-15-12-6-2-3-7-13(12)18-14/h2-3,6-7,11H,4-5,8-9H2,1H3. The molecule has 1 unspecified atom stereocenters. The van der Waals surface area contributed by atoms with Gasteiger partial charge in [-0.1, -0.05) is 12.1 Å². The number of hydrogen-bond donors (Lipinski definition) is 0. The molecule has 4 nitrogen and oxygen atoms in total. The molecule has 2 heterocycles. The lowest BCUT2D eigenvalue weighted by Crippen LogP contribution is -2.38. The Labute approximate surface area is 106 Å². The fourth-order valence-corrected chi connectivity index (χ4v) is 2.48. The summed E-state index contributed by atoms with van der Waals surface area (Å²) in [5.41, 5.74) is 1.68. The Morgan fingerprint density at radius 1 is 1.44 bits per heavy atom. The van der Waals surface area contributed by atoms with E-state index in [0.717, 1.165) is 37.0 Å². The lowest BCUT2D eigenvalue weighted by Gasteiger charge is -2.30. The molecule has 1 atom stereocenters. The van der Waals surface area contributed by atoms with E-state index in [1.54, 1.807) is 6.92 Å². The van der Waals surface area contributed by atoms with Crippen molar-refractivity contribution in [3.05, 3.63) is 24.3 Å². The Morgan fingerprint density at radius 3 is 3.06 bits per heavy atom. The maximum Gasteiger partial charge on any atom is 0.298 e. The Hall–Kier alpha value is -1.84. The number of Topliss-reactive ketones (excluding diaryl/α,β-unsaturated/α-hetero) is 1. The number of hydrogen-bond acceptors (Lipinski definition) is 4. The summed E-state index contributed by atoms with van der Waals surface area (Å²) in [6, 6.07) is 8.38. The number of ketones is 1. The van der Waals surface area contributed by atoms with Crippen molar-refractivity contribution < 1.29 is 9.21 Å². The minimum absolute atomic E-state index is 0.119. The molecule has 0 amide bonds. The number of aromatic nitrogens is 1. The van der Waals surface area contributed by atoms with Crippen LogP contribution in [0.5, 0.6) is 0 Å². The monoisotopic (exact) mass is 244 g/mol. The van der Waals surface area contributed by atoms with Gasteiger partial charge >= 0.3 is 0 Å². The highest BCUT2D eigenvalue weighted by atomic mass is 16.4. The van der Waals surface area contributed by atoms with E-state index in [4.69, 9.17) is 4.42 Å². The summed E-state index contributed by atoms with van der Waals surface area (Å²) in [5, 5.41) is 0. The molecule has 1 saturated heterocycles. The SMILES string of the molecule is CC(=O)C1CCCN(c2nc3ccccc3o2)C1. The summed E-state index contributed by atoms with van der Waals surface area (Å²) in [5.74, 6) is 0.379. The van der Waals surface area contributed by atoms with Crippen LogP contribution in [0.2, 0.25) is 0 Å². The number of fused-ring (bicyclic) bond motifs is 1. The van der Waals surface area contributed by atoms with E-state index < -0.39 is 0 Å². The fourth-order valence-electron chi connectivity index (χ4n) is 2.48. The van der Waals surface area contributed by atoms with Crippen molar-refractivity contribution in [2.24, 2.45) is 5.92 Å². The van der Waals surface area contributed by atoms with Crippen LogP contribution in [0.25, 0.3) is 11.1 Å². The molecule has 0 radical (unpaired) electrons. The fraction of sp³-hybridized carbons (Fsp3) is 0.429. The number of nitrogens with zero attached hydrogens (tertiary/aromatic N) is 2. The lowest BCUT2D eigenvalue weighted by molar-refractivity contribution is -0.120. The molecule has 1 aromatic carbocycles. The summed E-state index contributed by atoms with van der Waals surface area (Å²) in [4.78, 5) is 18.0. The van der Waals surface area contributed by atoms with Gasteiger partial charge in [0.25, 0.3) is 6.01 Å². The highest BCUT2D eigenvalue weighted by Crippen LogP contribution is 2.26. The van der Waals surface area contributed by atoms with Crippen molar-refractivity contribution in [3.63, 3.8) is 0 Å². The maximum atomic E-state index is 11.5. The Bertz CT molecular complexity index is 543. The third-order valence-corrected chi connectivity index (χ3v) is 3.55. The molecular weight excluding hydrogens is 228 g/mol. The Balaban J connectivity index is 1.87. The first-order valence-electron chi connectivity index (χ1n) is 6.35. The quantitative estimate of drug-likeness (QED) is 0.814. The van der Waals surface area contributed by atoms with Crippen LogP contribution in [0, 0.1) is 5.92 Å². The molecule has 1 aromatic heterocycles. The van der Waals surface area contributed by atoms with Crippen molar-refractivity contribution in [3.8, 4) is 0 Å². The third-order valence-electron chi connectivity index (χ3n) is 3.55. The van der Waals surface area contributed by atoms with Gasteiger partial charge in [0.05, 0.1) is 0 Å². The van der Waals surface area contributed by atoms with Gasteiger partial charge in [-0.05, 0) is 31.9 Å². The topological polar surface area (TPSA) is 46.3 Å². The van der Waals surface area contributed by atoms with Gasteiger partial charge in [-0.25, -0.2) is 0 Å². The van der Waals surface area contributed by atoms with E-state index in [1.165, 1.54) is 0 Å². The maximum absolute atomic E-state index is 11.5. The normalized spacial score (nSPS) is 20.3. The zero-order valence-electron chi connectivity index (χ0n) is 10.4. The van der Waals surface area contributed by atoms with Crippen LogP contribution in [0.4, 0.5) is 6.01 Å². The van der Waals surface area contributed by atoms with Crippen molar-refractivity contribution in [2.45, 2.75) is 19.8 Å². The molecule has 0 N–H and O–H groups in total. The van der Waals surface area contributed by atoms with Crippen LogP contribution in [0.1, 0.15) is 19.8 Å². The molecule has 0 saturated carbocycles. The number of rotatable bonds is 2. The predicted octanol–water partition coefficient (Wildman–Crippen LogP) is 2.63. The van der Waals surface area contributed by atoms with Crippen LogP contribution >= 0.6 is 0 Å². The number of anilines is 1. The summed E-state index contributed by atoms with van der Waals surface area (Å²) in [7, 11) is 0. The first-order chi connectivity index (χ1) is 8.74. The molecule has 1 fully saturated rings. The van der Waals surface area contributed by atoms with Crippen LogP contribution in [-0.2, 0) is 4.79 Å². The van der Waals surface area contributed by atoms with Crippen molar-refractivity contribution >= 4 is 22.9 Å². The number of piperidine rings is 1. The summed E-state index contributed by atoms with van der Waals surface area (Å²) in [6.45, 7) is 3.30. The van der Waals surface area contributed by atoms with Gasteiger partial charge < -0.3 is 9.32 Å². The van der Waals surface area contributed by atoms with Crippen molar-refractivity contribution in [1.82, 2.24) is 4.98 Å². The van der Waals surface area contributed by atoms with Gasteiger partial charge in [0, 0.05) is 19.0 Å². The van der Waals surface area contributed by atoms with Gasteiger partial charge in [-0.2, -0.15) is 4.98 Å². The molecular formula is C14H16N2O2. The smallest absolute Gasteiger partial charge is 0.298 e. The van der Waals surface area contributed by atoms with E-state index in [2.05, 4.69) is 9.88 Å². The highest BCUT2D eigenvalue weighted by Gasteiger charge is 2.25. The Morgan fingerprint density at radius 2 is 2.28 bits per heavy atom. The molecule has 3 rings (SSSR count). The largest absolute Gasteiger partial charge is 0.423 e. The first-order valence-corrected chi connectivity index (χ1v) is 6.35. The van der Waals surface area contributed by atoms with Crippen LogP contribution in [-0.4, -0.2) is 23.9 Å². The zero-order chi connectivity index (χ0) is 12.5. The Kier molecular flexibility index (Phi) is 2.78. The second kappa shape index (κ2) is 4.44. The number of para-hydroxylation sites is 2. The molecule has 18 heavy (non-hydrogen) atoms. The van der Waals surface area contributed by atoms with Gasteiger partial charge in [0.1, 0.15) is 11.3 Å². The molecule has 0 spiro atoms. The van der Waals surface area contributed by atoms with Crippen LogP contribution in [0.15, 0.2) is 28.7 Å². The van der Waals surface area contributed by atoms with Gasteiger partial charge in [-0.3, -0.25) is 4.79 Å². The zero-order valence-corrected chi connectivity index (χ0v) is 10.4. The second-order valence-electron chi connectivity index (χ2n) is 4.86. The molecule has 0 aliphatic carbocycles.